The molecule has 0 heterocycles. The van der Waals surface area contributed by atoms with Crippen molar-refractivity contribution in [2.24, 2.45) is 0 Å². The van der Waals surface area contributed by atoms with Crippen LogP contribution in [0.3, 0.4) is 0 Å². The molecule has 1 unspecified atom stereocenters. The maximum atomic E-state index is 14.7. The Bertz CT molecular complexity index is 1130. The van der Waals surface area contributed by atoms with Crippen molar-refractivity contribution in [3.8, 4) is 22.6 Å². The Morgan fingerprint density at radius 2 is 1.76 bits per heavy atom. The number of ether oxygens (including phenoxy) is 2. The minimum absolute atomic E-state index is 0.0796. The molecule has 3 rings (SSSR count). The van der Waals surface area contributed by atoms with E-state index in [1.54, 1.807) is 19.2 Å². The topological polar surface area (TPSA) is 55.8 Å². The summed E-state index contributed by atoms with van der Waals surface area (Å²) in [6.07, 6.45) is 0.289. The molecular formula is C28H31FO4. The van der Waals surface area contributed by atoms with E-state index in [-0.39, 0.29) is 23.8 Å². The summed E-state index contributed by atoms with van der Waals surface area (Å²) in [4.78, 5) is 10.9. The monoisotopic (exact) mass is 450 g/mol. The zero-order valence-corrected chi connectivity index (χ0v) is 19.8. The summed E-state index contributed by atoms with van der Waals surface area (Å²) in [7, 11) is 1.57. The minimum Gasteiger partial charge on any atom is -0.497 e. The number of aryl methyl sites for hydroxylation is 1. The van der Waals surface area contributed by atoms with Gasteiger partial charge in [-0.1, -0.05) is 51.1 Å². The number of carbonyl (C=O) groups is 1. The van der Waals surface area contributed by atoms with Crippen molar-refractivity contribution < 1.29 is 23.8 Å². The van der Waals surface area contributed by atoms with Gasteiger partial charge in [-0.25, -0.2) is 4.39 Å². The average molecular weight is 451 g/mol. The van der Waals surface area contributed by atoms with Gasteiger partial charge < -0.3 is 14.6 Å². The zero-order valence-electron chi connectivity index (χ0n) is 19.8. The number of aliphatic carboxylic acids is 1. The lowest BCUT2D eigenvalue weighted by Gasteiger charge is -2.26. The third-order valence-corrected chi connectivity index (χ3v) is 5.62. The van der Waals surface area contributed by atoms with Crippen LogP contribution in [0.2, 0.25) is 0 Å². The molecule has 0 aliphatic heterocycles. The van der Waals surface area contributed by atoms with Gasteiger partial charge in [0.1, 0.15) is 23.4 Å². The maximum absolute atomic E-state index is 14.7. The molecular weight excluding hydrogens is 419 g/mol. The van der Waals surface area contributed by atoms with E-state index < -0.39 is 5.97 Å². The van der Waals surface area contributed by atoms with E-state index in [4.69, 9.17) is 14.6 Å². The largest absolute Gasteiger partial charge is 0.497 e. The van der Waals surface area contributed by atoms with Crippen LogP contribution in [0.25, 0.3) is 11.1 Å². The third kappa shape index (κ3) is 6.13. The van der Waals surface area contributed by atoms with E-state index in [0.29, 0.717) is 23.5 Å². The number of methoxy groups -OCH3 is 1. The first kappa shape index (κ1) is 24.3. The Hall–Kier alpha value is -3.34. The van der Waals surface area contributed by atoms with Gasteiger partial charge in [0, 0.05) is 12.0 Å². The molecule has 0 aliphatic rings. The van der Waals surface area contributed by atoms with Crippen LogP contribution >= 0.6 is 0 Å². The quantitative estimate of drug-likeness (QED) is 0.403. The van der Waals surface area contributed by atoms with Gasteiger partial charge in [-0.2, -0.15) is 0 Å². The summed E-state index contributed by atoms with van der Waals surface area (Å²) >= 11 is 0. The Labute approximate surface area is 195 Å². The third-order valence-electron chi connectivity index (χ3n) is 5.62. The molecule has 0 spiro atoms. The van der Waals surface area contributed by atoms with Gasteiger partial charge in [0.2, 0.25) is 0 Å². The molecule has 3 aromatic carbocycles. The molecule has 0 bridgehead atoms. The van der Waals surface area contributed by atoms with E-state index >= 15 is 0 Å². The van der Waals surface area contributed by atoms with E-state index in [9.17, 15) is 9.18 Å². The molecule has 0 saturated heterocycles. The second-order valence-corrected chi connectivity index (χ2v) is 9.20. The smallest absolute Gasteiger partial charge is 0.303 e. The minimum atomic E-state index is -0.822. The van der Waals surface area contributed by atoms with Gasteiger partial charge in [-0.3, -0.25) is 4.79 Å². The summed E-state index contributed by atoms with van der Waals surface area (Å²) in [5, 5.41) is 8.92. The lowest BCUT2D eigenvalue weighted by atomic mass is 9.80. The van der Waals surface area contributed by atoms with Crippen molar-refractivity contribution in [1.82, 2.24) is 0 Å². The number of halogens is 1. The number of benzene rings is 3. The first-order valence-corrected chi connectivity index (χ1v) is 11.0. The molecule has 5 heteroatoms. The molecule has 1 atom stereocenters. The first-order valence-electron chi connectivity index (χ1n) is 11.0. The molecule has 1 N–H and O–H groups in total. The van der Waals surface area contributed by atoms with Crippen LogP contribution in [0.5, 0.6) is 11.5 Å². The van der Waals surface area contributed by atoms with Crippen molar-refractivity contribution in [2.75, 3.05) is 7.11 Å². The fraction of sp³-hybridized carbons (Fsp3) is 0.321. The lowest BCUT2D eigenvalue weighted by Crippen LogP contribution is -2.15. The molecule has 174 valence electrons. The summed E-state index contributed by atoms with van der Waals surface area (Å²) in [6.45, 7) is 8.28. The van der Waals surface area contributed by atoms with Crippen LogP contribution in [0.15, 0.2) is 60.7 Å². The van der Waals surface area contributed by atoms with Gasteiger partial charge in [0.05, 0.1) is 7.11 Å². The van der Waals surface area contributed by atoms with Gasteiger partial charge in [0.15, 0.2) is 0 Å². The maximum Gasteiger partial charge on any atom is 0.303 e. The van der Waals surface area contributed by atoms with Crippen molar-refractivity contribution in [1.29, 1.82) is 0 Å². The fourth-order valence-electron chi connectivity index (χ4n) is 3.81. The highest BCUT2D eigenvalue weighted by Gasteiger charge is 2.23. The van der Waals surface area contributed by atoms with Crippen LogP contribution in [-0.2, 0) is 16.6 Å². The Morgan fingerprint density at radius 3 is 2.42 bits per heavy atom. The first-order chi connectivity index (χ1) is 15.6. The van der Waals surface area contributed by atoms with Gasteiger partial charge in [0.25, 0.3) is 0 Å². The Balaban J connectivity index is 1.92. The van der Waals surface area contributed by atoms with Crippen LogP contribution in [0.4, 0.5) is 4.39 Å². The SMILES string of the molecule is COc1ccc(F)c(-c2ccc(C(C)Oc3cccc(CCC(=O)O)c3)cc2C(C)(C)C)c1. The van der Waals surface area contributed by atoms with Gasteiger partial charge >= 0.3 is 5.97 Å². The predicted molar refractivity (Wildman–Crippen MR) is 129 cm³/mol. The van der Waals surface area contributed by atoms with Crippen molar-refractivity contribution in [3.05, 3.63) is 83.2 Å². The molecule has 0 aliphatic carbocycles. The highest BCUT2D eigenvalue weighted by Crippen LogP contribution is 2.38. The molecule has 4 nitrogen and oxygen atoms in total. The van der Waals surface area contributed by atoms with Crippen LogP contribution in [0.1, 0.15) is 56.9 Å². The van der Waals surface area contributed by atoms with Crippen molar-refractivity contribution in [3.63, 3.8) is 0 Å². The number of carboxylic acid groups (broad SMARTS) is 1. The normalized spacial score (nSPS) is 12.3. The van der Waals surface area contributed by atoms with E-state index in [0.717, 1.165) is 22.3 Å². The summed E-state index contributed by atoms with van der Waals surface area (Å²) in [5.41, 5.74) is 4.01. The molecule has 0 aromatic heterocycles. The highest BCUT2D eigenvalue weighted by molar-refractivity contribution is 5.71. The number of rotatable bonds is 8. The molecule has 0 amide bonds. The van der Waals surface area contributed by atoms with E-state index in [2.05, 4.69) is 26.8 Å². The Kier molecular flexibility index (Phi) is 7.42. The van der Waals surface area contributed by atoms with Crippen LogP contribution in [-0.4, -0.2) is 18.2 Å². The molecule has 0 fully saturated rings. The zero-order chi connectivity index (χ0) is 24.2. The predicted octanol–water partition coefficient (Wildman–Crippen LogP) is 6.96. The van der Waals surface area contributed by atoms with Crippen molar-refractivity contribution in [2.45, 2.75) is 52.1 Å². The lowest BCUT2D eigenvalue weighted by molar-refractivity contribution is -0.136. The van der Waals surface area contributed by atoms with Crippen LogP contribution in [0, 0.1) is 5.82 Å². The number of hydrogen-bond donors (Lipinski definition) is 1. The number of carboxylic acids is 1. The van der Waals surface area contributed by atoms with Crippen molar-refractivity contribution >= 4 is 5.97 Å². The number of hydrogen-bond acceptors (Lipinski definition) is 3. The second kappa shape index (κ2) is 10.1. The Morgan fingerprint density at radius 1 is 1.00 bits per heavy atom. The second-order valence-electron chi connectivity index (χ2n) is 9.20. The molecule has 3 aromatic rings. The highest BCUT2D eigenvalue weighted by atomic mass is 19.1. The standard InChI is InChI=1S/C28H31FO4/c1-18(33-22-8-6-7-19(15-22)9-14-27(30)31)20-10-12-23(25(16-20)28(2,3)4)24-17-21(32-5)11-13-26(24)29/h6-8,10-13,15-18H,9,14H2,1-5H3,(H,30,31). The molecule has 0 saturated carbocycles. The van der Waals surface area contributed by atoms with Gasteiger partial charge in [-0.15, -0.1) is 0 Å². The van der Waals surface area contributed by atoms with Gasteiger partial charge in [-0.05, 0) is 71.3 Å². The summed E-state index contributed by atoms with van der Waals surface area (Å²) in [5.74, 6) is 0.175. The summed E-state index contributed by atoms with van der Waals surface area (Å²) in [6, 6.07) is 18.3. The molecule has 33 heavy (non-hydrogen) atoms. The van der Waals surface area contributed by atoms with Crippen LogP contribution < -0.4 is 9.47 Å². The summed E-state index contributed by atoms with van der Waals surface area (Å²) < 4.78 is 26.2. The van der Waals surface area contributed by atoms with E-state index in [1.165, 1.54) is 6.07 Å². The molecule has 0 radical (unpaired) electrons. The fourth-order valence-corrected chi connectivity index (χ4v) is 3.81. The van der Waals surface area contributed by atoms with E-state index in [1.807, 2.05) is 43.3 Å². The average Bonchev–Trinajstić information content (AvgIpc) is 2.77.